The standard InChI is InChI=1S/C22H36F2O/c1-7-8-15(2)9-10-16(3)17(4)11-12-18(5)19-13-14-20(25-6)22(24)21(19)23/h7-8,15-18H,9-14H2,1-6H3. The first-order chi connectivity index (χ1) is 11.8. The molecule has 1 rings (SSSR count). The average Bonchev–Trinajstić information content (AvgIpc) is 2.59. The molecule has 0 bridgehead atoms. The van der Waals surface area contributed by atoms with Crippen molar-refractivity contribution in [3.8, 4) is 0 Å². The van der Waals surface area contributed by atoms with Crippen molar-refractivity contribution in [2.45, 2.75) is 73.1 Å². The molecule has 0 aliphatic heterocycles. The van der Waals surface area contributed by atoms with Gasteiger partial charge in [0.15, 0.2) is 11.7 Å². The number of hydrogen-bond acceptors (Lipinski definition) is 1. The van der Waals surface area contributed by atoms with Crippen LogP contribution in [0.15, 0.2) is 35.1 Å². The molecule has 0 radical (unpaired) electrons. The van der Waals surface area contributed by atoms with Gasteiger partial charge in [-0.3, -0.25) is 0 Å². The Balaban J connectivity index is 2.51. The van der Waals surface area contributed by atoms with Crippen LogP contribution in [0.1, 0.15) is 73.1 Å². The van der Waals surface area contributed by atoms with Gasteiger partial charge in [0.2, 0.25) is 0 Å². The van der Waals surface area contributed by atoms with Crippen LogP contribution >= 0.6 is 0 Å². The van der Waals surface area contributed by atoms with E-state index in [0.29, 0.717) is 36.2 Å². The molecule has 0 heterocycles. The molecule has 0 spiro atoms. The lowest BCUT2D eigenvalue weighted by atomic mass is 9.82. The average molecular weight is 355 g/mol. The van der Waals surface area contributed by atoms with Gasteiger partial charge in [-0.25, -0.2) is 8.78 Å². The molecule has 0 aromatic rings. The van der Waals surface area contributed by atoms with Crippen LogP contribution in [0.2, 0.25) is 0 Å². The van der Waals surface area contributed by atoms with Gasteiger partial charge < -0.3 is 4.74 Å². The summed E-state index contributed by atoms with van der Waals surface area (Å²) in [7, 11) is 1.40. The highest BCUT2D eigenvalue weighted by atomic mass is 19.2. The van der Waals surface area contributed by atoms with Gasteiger partial charge in [0.05, 0.1) is 7.11 Å². The van der Waals surface area contributed by atoms with Crippen molar-refractivity contribution in [2.75, 3.05) is 7.11 Å². The Morgan fingerprint density at radius 3 is 2.08 bits per heavy atom. The second kappa shape index (κ2) is 10.8. The Morgan fingerprint density at radius 2 is 1.52 bits per heavy atom. The Bertz CT molecular complexity index is 504. The van der Waals surface area contributed by atoms with Gasteiger partial charge in [-0.15, -0.1) is 0 Å². The van der Waals surface area contributed by atoms with Gasteiger partial charge >= 0.3 is 0 Å². The fourth-order valence-electron chi connectivity index (χ4n) is 3.59. The zero-order valence-corrected chi connectivity index (χ0v) is 16.9. The Morgan fingerprint density at radius 1 is 0.920 bits per heavy atom. The lowest BCUT2D eigenvalue weighted by Crippen LogP contribution is -2.13. The molecule has 25 heavy (non-hydrogen) atoms. The van der Waals surface area contributed by atoms with Crippen molar-refractivity contribution in [3.63, 3.8) is 0 Å². The predicted octanol–water partition coefficient (Wildman–Crippen LogP) is 7.51. The monoisotopic (exact) mass is 354 g/mol. The normalized spacial score (nSPS) is 20.8. The summed E-state index contributed by atoms with van der Waals surface area (Å²) >= 11 is 0. The molecule has 0 aromatic heterocycles. The second-order valence-electron chi connectivity index (χ2n) is 7.79. The van der Waals surface area contributed by atoms with Crippen molar-refractivity contribution >= 4 is 0 Å². The predicted molar refractivity (Wildman–Crippen MR) is 102 cm³/mol. The van der Waals surface area contributed by atoms with Crippen molar-refractivity contribution in [1.82, 2.24) is 0 Å². The van der Waals surface area contributed by atoms with Crippen LogP contribution in [0.5, 0.6) is 0 Å². The topological polar surface area (TPSA) is 9.23 Å². The summed E-state index contributed by atoms with van der Waals surface area (Å²) < 4.78 is 33.1. The minimum atomic E-state index is -0.796. The van der Waals surface area contributed by atoms with Crippen molar-refractivity contribution in [2.24, 2.45) is 23.7 Å². The van der Waals surface area contributed by atoms with Gasteiger partial charge in [-0.05, 0) is 68.3 Å². The van der Waals surface area contributed by atoms with Crippen LogP contribution in [0.3, 0.4) is 0 Å². The van der Waals surface area contributed by atoms with Crippen molar-refractivity contribution < 1.29 is 13.5 Å². The molecule has 0 saturated heterocycles. The number of rotatable bonds is 10. The summed E-state index contributed by atoms with van der Waals surface area (Å²) in [5, 5.41) is 0. The molecule has 0 fully saturated rings. The SMILES string of the molecule is CC=CC(C)CCC(C)C(C)CCC(C)C1=C(F)C(F)=C(OC)CC1. The maximum atomic E-state index is 14.3. The molecule has 0 N–H and O–H groups in total. The summed E-state index contributed by atoms with van der Waals surface area (Å²) in [6.45, 7) is 10.9. The highest BCUT2D eigenvalue weighted by molar-refractivity contribution is 5.33. The van der Waals surface area contributed by atoms with Gasteiger partial charge in [0.25, 0.3) is 0 Å². The summed E-state index contributed by atoms with van der Waals surface area (Å²) in [6.07, 6.45) is 9.80. The van der Waals surface area contributed by atoms with Crippen LogP contribution < -0.4 is 0 Å². The molecule has 1 aliphatic carbocycles. The van der Waals surface area contributed by atoms with E-state index in [-0.39, 0.29) is 11.7 Å². The summed E-state index contributed by atoms with van der Waals surface area (Å²) in [6, 6.07) is 0. The Hall–Kier alpha value is -1.12. The van der Waals surface area contributed by atoms with Crippen molar-refractivity contribution in [1.29, 1.82) is 0 Å². The summed E-state index contributed by atoms with van der Waals surface area (Å²) in [5.41, 5.74) is 0.625. The van der Waals surface area contributed by atoms with E-state index < -0.39 is 11.7 Å². The van der Waals surface area contributed by atoms with E-state index in [1.807, 2.05) is 6.92 Å². The third-order valence-electron chi connectivity index (χ3n) is 5.81. The third-order valence-corrected chi connectivity index (χ3v) is 5.81. The van der Waals surface area contributed by atoms with E-state index >= 15 is 0 Å². The van der Waals surface area contributed by atoms with Crippen molar-refractivity contribution in [3.05, 3.63) is 35.1 Å². The maximum absolute atomic E-state index is 14.3. The molecule has 0 saturated carbocycles. The molecule has 0 amide bonds. The van der Waals surface area contributed by atoms with E-state index in [9.17, 15) is 8.78 Å². The molecular weight excluding hydrogens is 318 g/mol. The number of halogens is 2. The van der Waals surface area contributed by atoms with Gasteiger partial charge in [0.1, 0.15) is 5.76 Å². The fraction of sp³-hybridized carbons (Fsp3) is 0.727. The Kier molecular flexibility index (Phi) is 9.45. The first-order valence-corrected chi connectivity index (χ1v) is 9.76. The second-order valence-corrected chi connectivity index (χ2v) is 7.79. The van der Waals surface area contributed by atoms with Gasteiger partial charge in [0, 0.05) is 6.42 Å². The molecule has 0 aromatic carbocycles. The molecule has 4 unspecified atom stereocenters. The largest absolute Gasteiger partial charge is 0.498 e. The van der Waals surface area contributed by atoms with Crippen LogP contribution in [0.4, 0.5) is 8.78 Å². The first kappa shape index (κ1) is 21.9. The van der Waals surface area contributed by atoms with Crippen LogP contribution in [-0.2, 0) is 4.74 Å². The molecule has 3 heteroatoms. The zero-order valence-electron chi connectivity index (χ0n) is 16.9. The maximum Gasteiger partial charge on any atom is 0.196 e. The van der Waals surface area contributed by atoms with E-state index in [2.05, 4.69) is 39.8 Å². The smallest absolute Gasteiger partial charge is 0.196 e. The third kappa shape index (κ3) is 6.60. The molecule has 1 nitrogen and oxygen atoms in total. The first-order valence-electron chi connectivity index (χ1n) is 9.76. The van der Waals surface area contributed by atoms with Crippen LogP contribution in [0.25, 0.3) is 0 Å². The number of ether oxygens (including phenoxy) is 1. The van der Waals surface area contributed by atoms with E-state index in [4.69, 9.17) is 4.74 Å². The van der Waals surface area contributed by atoms with Crippen LogP contribution in [-0.4, -0.2) is 7.11 Å². The highest BCUT2D eigenvalue weighted by Gasteiger charge is 2.26. The molecular formula is C22H36F2O. The van der Waals surface area contributed by atoms with Gasteiger partial charge in [-0.1, -0.05) is 39.8 Å². The molecule has 144 valence electrons. The molecule has 4 atom stereocenters. The zero-order chi connectivity index (χ0) is 19.0. The van der Waals surface area contributed by atoms with E-state index in [1.54, 1.807) is 0 Å². The summed E-state index contributed by atoms with van der Waals surface area (Å²) in [5.74, 6) is 0.631. The number of allylic oxidation sites excluding steroid dienone is 6. The minimum Gasteiger partial charge on any atom is -0.498 e. The van der Waals surface area contributed by atoms with E-state index in [1.165, 1.54) is 20.0 Å². The Labute approximate surface area is 153 Å². The number of methoxy groups -OCH3 is 1. The van der Waals surface area contributed by atoms with Gasteiger partial charge in [-0.2, -0.15) is 0 Å². The van der Waals surface area contributed by atoms with Crippen LogP contribution in [0, 0.1) is 23.7 Å². The molecule has 1 aliphatic rings. The lowest BCUT2D eigenvalue weighted by Gasteiger charge is -2.25. The quantitative estimate of drug-likeness (QED) is 0.369. The lowest BCUT2D eigenvalue weighted by molar-refractivity contribution is 0.250. The highest BCUT2D eigenvalue weighted by Crippen LogP contribution is 2.38. The summed E-state index contributed by atoms with van der Waals surface area (Å²) in [4.78, 5) is 0. The fourth-order valence-corrected chi connectivity index (χ4v) is 3.59. The number of hydrogen-bond donors (Lipinski definition) is 0. The minimum absolute atomic E-state index is 0.0840. The van der Waals surface area contributed by atoms with E-state index in [0.717, 1.165) is 12.8 Å².